The van der Waals surface area contributed by atoms with E-state index in [4.69, 9.17) is 0 Å². The van der Waals surface area contributed by atoms with E-state index in [0.717, 1.165) is 17.5 Å². The van der Waals surface area contributed by atoms with Crippen LogP contribution in [-0.4, -0.2) is 29.1 Å². The van der Waals surface area contributed by atoms with Crippen LogP contribution >= 0.6 is 0 Å². The maximum atomic E-state index is 12.6. The SMILES string of the molecule is Cc1ccc(C)c(NS(=O)(=O)c2ccc(N3CCCCS3(=O)=O)cc2)c1. The molecule has 0 unspecified atom stereocenters. The summed E-state index contributed by atoms with van der Waals surface area (Å²) < 4.78 is 53.6. The molecule has 2 aromatic rings. The second-order valence-electron chi connectivity index (χ2n) is 6.51. The van der Waals surface area contributed by atoms with Gasteiger partial charge in [0.1, 0.15) is 0 Å². The first-order valence-corrected chi connectivity index (χ1v) is 11.5. The molecule has 1 heterocycles. The molecule has 26 heavy (non-hydrogen) atoms. The summed E-state index contributed by atoms with van der Waals surface area (Å²) in [6, 6.07) is 11.5. The molecule has 1 saturated heterocycles. The van der Waals surface area contributed by atoms with E-state index in [1.807, 2.05) is 26.0 Å². The van der Waals surface area contributed by atoms with Crippen LogP contribution in [0.1, 0.15) is 24.0 Å². The number of benzene rings is 2. The van der Waals surface area contributed by atoms with Gasteiger partial charge in [0.15, 0.2) is 0 Å². The van der Waals surface area contributed by atoms with Crippen LogP contribution in [-0.2, 0) is 20.0 Å². The Hall–Kier alpha value is -2.06. The topological polar surface area (TPSA) is 83.6 Å². The van der Waals surface area contributed by atoms with Crippen molar-refractivity contribution in [3.8, 4) is 0 Å². The van der Waals surface area contributed by atoms with Crippen LogP contribution in [0.5, 0.6) is 0 Å². The third-order valence-corrected chi connectivity index (χ3v) is 7.67. The number of rotatable bonds is 4. The number of nitrogens with zero attached hydrogens (tertiary/aromatic N) is 1. The largest absolute Gasteiger partial charge is 0.279 e. The molecule has 140 valence electrons. The van der Waals surface area contributed by atoms with Crippen LogP contribution in [0.2, 0.25) is 0 Å². The van der Waals surface area contributed by atoms with Gasteiger partial charge in [0.05, 0.1) is 22.0 Å². The predicted octanol–water partition coefficient (Wildman–Crippen LogP) is 3.03. The van der Waals surface area contributed by atoms with Gasteiger partial charge in [-0.15, -0.1) is 0 Å². The van der Waals surface area contributed by atoms with Gasteiger partial charge in [0.25, 0.3) is 10.0 Å². The highest BCUT2D eigenvalue weighted by molar-refractivity contribution is 7.93. The molecule has 8 heteroatoms. The van der Waals surface area contributed by atoms with E-state index < -0.39 is 20.0 Å². The van der Waals surface area contributed by atoms with Crippen LogP contribution in [0.25, 0.3) is 0 Å². The standard InChI is InChI=1S/C18H22N2O4S2/c1-14-5-6-15(2)18(13-14)19-26(23,24)17-9-7-16(8-10-17)20-11-3-4-12-25(20,21)22/h5-10,13,19H,3-4,11-12H2,1-2H3. The summed E-state index contributed by atoms with van der Waals surface area (Å²) in [6.07, 6.45) is 1.46. The fourth-order valence-electron chi connectivity index (χ4n) is 2.92. The van der Waals surface area contributed by atoms with E-state index in [1.165, 1.54) is 16.4 Å². The van der Waals surface area contributed by atoms with E-state index in [1.54, 1.807) is 18.2 Å². The molecule has 0 radical (unpaired) electrons. The fraction of sp³-hybridized carbons (Fsp3) is 0.333. The van der Waals surface area contributed by atoms with Crippen molar-refractivity contribution in [2.45, 2.75) is 31.6 Å². The Morgan fingerprint density at radius 3 is 2.35 bits per heavy atom. The minimum Gasteiger partial charge on any atom is -0.279 e. The first-order valence-electron chi connectivity index (χ1n) is 8.40. The Labute approximate surface area is 155 Å². The third kappa shape index (κ3) is 3.86. The summed E-state index contributed by atoms with van der Waals surface area (Å²) >= 11 is 0. The second kappa shape index (κ2) is 6.92. The Bertz CT molecular complexity index is 1010. The number of hydrogen-bond acceptors (Lipinski definition) is 4. The average Bonchev–Trinajstić information content (AvgIpc) is 2.58. The van der Waals surface area contributed by atoms with Crippen LogP contribution in [0.4, 0.5) is 11.4 Å². The third-order valence-electron chi connectivity index (χ3n) is 4.42. The molecule has 0 amide bonds. The molecule has 3 rings (SSSR count). The molecule has 0 aliphatic carbocycles. The molecule has 1 aliphatic heterocycles. The van der Waals surface area contributed by atoms with Gasteiger partial charge in [-0.05, 0) is 68.1 Å². The van der Waals surface area contributed by atoms with E-state index in [0.29, 0.717) is 24.3 Å². The van der Waals surface area contributed by atoms with Crippen molar-refractivity contribution in [3.63, 3.8) is 0 Å². The summed E-state index contributed by atoms with van der Waals surface area (Å²) in [5, 5.41) is 0. The van der Waals surface area contributed by atoms with Crippen LogP contribution < -0.4 is 9.03 Å². The summed E-state index contributed by atoms with van der Waals surface area (Å²) in [7, 11) is -7.06. The van der Waals surface area contributed by atoms with Crippen LogP contribution in [0.15, 0.2) is 47.4 Å². The Morgan fingerprint density at radius 1 is 1.00 bits per heavy atom. The lowest BCUT2D eigenvalue weighted by molar-refractivity contribution is 0.574. The lowest BCUT2D eigenvalue weighted by Crippen LogP contribution is -2.37. The van der Waals surface area contributed by atoms with Gasteiger partial charge in [0.2, 0.25) is 10.0 Å². The Kier molecular flexibility index (Phi) is 4.98. The van der Waals surface area contributed by atoms with Crippen molar-refractivity contribution in [1.82, 2.24) is 0 Å². The molecular formula is C18H22N2O4S2. The maximum Gasteiger partial charge on any atom is 0.261 e. The molecule has 0 aromatic heterocycles. The molecule has 6 nitrogen and oxygen atoms in total. The fourth-order valence-corrected chi connectivity index (χ4v) is 5.68. The number of aryl methyl sites for hydroxylation is 2. The normalized spacial score (nSPS) is 17.1. The smallest absolute Gasteiger partial charge is 0.261 e. The highest BCUT2D eigenvalue weighted by atomic mass is 32.2. The predicted molar refractivity (Wildman–Crippen MR) is 104 cm³/mol. The second-order valence-corrected chi connectivity index (χ2v) is 10.2. The average molecular weight is 395 g/mol. The van der Waals surface area contributed by atoms with E-state index in [-0.39, 0.29) is 10.6 Å². The van der Waals surface area contributed by atoms with Crippen molar-refractivity contribution in [1.29, 1.82) is 0 Å². The van der Waals surface area contributed by atoms with Crippen LogP contribution in [0, 0.1) is 13.8 Å². The quantitative estimate of drug-likeness (QED) is 0.864. The molecule has 0 atom stereocenters. The summed E-state index contributed by atoms with van der Waals surface area (Å²) in [6.45, 7) is 4.15. The van der Waals surface area contributed by atoms with Gasteiger partial charge in [-0.3, -0.25) is 9.03 Å². The summed E-state index contributed by atoms with van der Waals surface area (Å²) in [5.41, 5.74) is 2.82. The Morgan fingerprint density at radius 2 is 1.69 bits per heavy atom. The number of anilines is 2. The Balaban J connectivity index is 1.86. The van der Waals surface area contributed by atoms with Gasteiger partial charge < -0.3 is 0 Å². The van der Waals surface area contributed by atoms with Crippen molar-refractivity contribution < 1.29 is 16.8 Å². The zero-order chi connectivity index (χ0) is 18.9. The van der Waals surface area contributed by atoms with Gasteiger partial charge in [0, 0.05) is 6.54 Å². The molecule has 2 aromatic carbocycles. The van der Waals surface area contributed by atoms with Gasteiger partial charge in [-0.2, -0.15) is 0 Å². The molecule has 0 saturated carbocycles. The van der Waals surface area contributed by atoms with Crippen molar-refractivity contribution in [3.05, 3.63) is 53.6 Å². The summed E-state index contributed by atoms with van der Waals surface area (Å²) in [4.78, 5) is 0.0940. The minimum atomic E-state index is -3.75. The van der Waals surface area contributed by atoms with Crippen molar-refractivity contribution in [2.75, 3.05) is 21.3 Å². The van der Waals surface area contributed by atoms with Gasteiger partial charge in [-0.25, -0.2) is 16.8 Å². The highest BCUT2D eigenvalue weighted by Crippen LogP contribution is 2.26. The molecular weight excluding hydrogens is 372 g/mol. The molecule has 1 N–H and O–H groups in total. The monoisotopic (exact) mass is 394 g/mol. The first-order chi connectivity index (χ1) is 12.2. The highest BCUT2D eigenvalue weighted by Gasteiger charge is 2.26. The number of nitrogens with one attached hydrogen (secondary N) is 1. The molecule has 0 spiro atoms. The maximum absolute atomic E-state index is 12.6. The van der Waals surface area contributed by atoms with Crippen molar-refractivity contribution >= 4 is 31.4 Å². The van der Waals surface area contributed by atoms with E-state index in [9.17, 15) is 16.8 Å². The van der Waals surface area contributed by atoms with E-state index in [2.05, 4.69) is 4.72 Å². The van der Waals surface area contributed by atoms with Gasteiger partial charge >= 0.3 is 0 Å². The van der Waals surface area contributed by atoms with Crippen LogP contribution in [0.3, 0.4) is 0 Å². The number of hydrogen-bond donors (Lipinski definition) is 1. The lowest BCUT2D eigenvalue weighted by Gasteiger charge is -2.28. The minimum absolute atomic E-state index is 0.0940. The summed E-state index contributed by atoms with van der Waals surface area (Å²) in [5.74, 6) is 0.126. The van der Waals surface area contributed by atoms with Crippen molar-refractivity contribution in [2.24, 2.45) is 0 Å². The lowest BCUT2D eigenvalue weighted by atomic mass is 10.1. The van der Waals surface area contributed by atoms with E-state index >= 15 is 0 Å². The zero-order valence-corrected chi connectivity index (χ0v) is 16.4. The first kappa shape index (κ1) is 18.7. The van der Waals surface area contributed by atoms with Gasteiger partial charge in [-0.1, -0.05) is 12.1 Å². The molecule has 0 bridgehead atoms. The molecule has 1 fully saturated rings. The zero-order valence-electron chi connectivity index (χ0n) is 14.8. The molecule has 1 aliphatic rings. The number of sulfonamides is 2.